The fraction of sp³-hybridized carbons (Fsp3) is 0.188. The van der Waals surface area contributed by atoms with Gasteiger partial charge in [-0.05, 0) is 54.4 Å². The van der Waals surface area contributed by atoms with Gasteiger partial charge < -0.3 is 4.74 Å². The minimum absolute atomic E-state index is 0.156. The lowest BCUT2D eigenvalue weighted by molar-refractivity contribution is 0.0734. The first-order valence-electron chi connectivity index (χ1n) is 6.62. The van der Waals surface area contributed by atoms with Gasteiger partial charge in [-0.3, -0.25) is 0 Å². The predicted molar refractivity (Wildman–Crippen MR) is 85.3 cm³/mol. The smallest absolute Gasteiger partial charge is 0.343 e. The van der Waals surface area contributed by atoms with Crippen molar-refractivity contribution in [3.8, 4) is 5.75 Å². The molecule has 2 aromatic carbocycles. The van der Waals surface area contributed by atoms with Crippen molar-refractivity contribution in [2.45, 2.75) is 18.2 Å². The summed E-state index contributed by atoms with van der Waals surface area (Å²) in [5.74, 6) is -0.150. The number of ether oxygens (including phenoxy) is 1. The van der Waals surface area contributed by atoms with Crippen molar-refractivity contribution < 1.29 is 17.9 Å². The maximum atomic E-state index is 12.1. The summed E-state index contributed by atoms with van der Waals surface area (Å²) in [6, 6.07) is 10.6. The second-order valence-corrected chi connectivity index (χ2v) is 7.22. The SMILES string of the molecule is CCc1cc(OC(=O)c2ccc(S(C)(=O)=O)cc2)ccc1Cl. The standard InChI is InChI=1S/C16H15ClO4S/c1-3-11-10-13(6-9-15(11)17)21-16(18)12-4-7-14(8-5-12)22(2,19)20/h4-10H,3H2,1-2H3. The van der Waals surface area contributed by atoms with Gasteiger partial charge in [0.1, 0.15) is 5.75 Å². The van der Waals surface area contributed by atoms with Crippen LogP contribution in [0.3, 0.4) is 0 Å². The molecule has 0 aliphatic heterocycles. The molecule has 0 N–H and O–H groups in total. The van der Waals surface area contributed by atoms with Crippen molar-refractivity contribution in [1.29, 1.82) is 0 Å². The highest BCUT2D eigenvalue weighted by Gasteiger charge is 2.12. The summed E-state index contributed by atoms with van der Waals surface area (Å²) >= 11 is 6.01. The van der Waals surface area contributed by atoms with Gasteiger partial charge in [-0.25, -0.2) is 13.2 Å². The van der Waals surface area contributed by atoms with Crippen LogP contribution < -0.4 is 4.74 Å². The fourth-order valence-electron chi connectivity index (χ4n) is 1.89. The first-order chi connectivity index (χ1) is 10.3. The van der Waals surface area contributed by atoms with E-state index in [1.54, 1.807) is 18.2 Å². The van der Waals surface area contributed by atoms with Crippen LogP contribution in [0.5, 0.6) is 5.75 Å². The second-order valence-electron chi connectivity index (χ2n) is 4.79. The van der Waals surface area contributed by atoms with Gasteiger partial charge in [0.15, 0.2) is 9.84 Å². The van der Waals surface area contributed by atoms with E-state index < -0.39 is 15.8 Å². The second kappa shape index (κ2) is 6.50. The molecule has 0 atom stereocenters. The normalized spacial score (nSPS) is 11.2. The summed E-state index contributed by atoms with van der Waals surface area (Å²) in [6.07, 6.45) is 1.84. The predicted octanol–water partition coefficient (Wildman–Crippen LogP) is 3.53. The largest absolute Gasteiger partial charge is 0.423 e. The van der Waals surface area contributed by atoms with Crippen LogP contribution >= 0.6 is 11.6 Å². The number of hydrogen-bond acceptors (Lipinski definition) is 4. The number of carbonyl (C=O) groups excluding carboxylic acids is 1. The Balaban J connectivity index is 2.19. The molecule has 6 heteroatoms. The van der Waals surface area contributed by atoms with Crippen LogP contribution in [-0.4, -0.2) is 20.6 Å². The Morgan fingerprint density at radius 2 is 1.77 bits per heavy atom. The van der Waals surface area contributed by atoms with E-state index in [0.29, 0.717) is 10.8 Å². The van der Waals surface area contributed by atoms with E-state index in [1.165, 1.54) is 24.3 Å². The number of sulfone groups is 1. The highest BCUT2D eigenvalue weighted by Crippen LogP contribution is 2.23. The van der Waals surface area contributed by atoms with Gasteiger partial charge in [0, 0.05) is 11.3 Å². The molecule has 0 saturated heterocycles. The Morgan fingerprint density at radius 3 is 2.32 bits per heavy atom. The number of hydrogen-bond donors (Lipinski definition) is 0. The van der Waals surface area contributed by atoms with E-state index in [0.717, 1.165) is 18.2 Å². The van der Waals surface area contributed by atoms with Gasteiger partial charge in [-0.2, -0.15) is 0 Å². The molecule has 0 bridgehead atoms. The molecule has 22 heavy (non-hydrogen) atoms. The zero-order valence-electron chi connectivity index (χ0n) is 12.2. The Hall–Kier alpha value is -1.85. The third kappa shape index (κ3) is 3.87. The Bertz CT molecular complexity index is 795. The molecule has 0 radical (unpaired) electrons. The van der Waals surface area contributed by atoms with Crippen LogP contribution in [0.2, 0.25) is 5.02 Å². The molecule has 4 nitrogen and oxygen atoms in total. The zero-order chi connectivity index (χ0) is 16.3. The molecule has 0 aromatic heterocycles. The minimum atomic E-state index is -3.28. The molecule has 0 spiro atoms. The average molecular weight is 339 g/mol. The van der Waals surface area contributed by atoms with Crippen molar-refractivity contribution >= 4 is 27.4 Å². The van der Waals surface area contributed by atoms with Crippen LogP contribution in [0.25, 0.3) is 0 Å². The number of carbonyl (C=O) groups is 1. The maximum absolute atomic E-state index is 12.1. The Kier molecular flexibility index (Phi) is 4.88. The van der Waals surface area contributed by atoms with Crippen LogP contribution in [0.1, 0.15) is 22.8 Å². The van der Waals surface area contributed by atoms with E-state index in [9.17, 15) is 13.2 Å². The molecule has 0 amide bonds. The van der Waals surface area contributed by atoms with Crippen LogP contribution in [0.15, 0.2) is 47.4 Å². The van der Waals surface area contributed by atoms with Crippen LogP contribution in [0.4, 0.5) is 0 Å². The van der Waals surface area contributed by atoms with E-state index in [2.05, 4.69) is 0 Å². The molecule has 116 valence electrons. The van der Waals surface area contributed by atoms with Gasteiger partial charge in [-0.15, -0.1) is 0 Å². The number of rotatable bonds is 4. The topological polar surface area (TPSA) is 60.4 Å². The molecule has 2 aromatic rings. The molecule has 0 aliphatic rings. The van der Waals surface area contributed by atoms with Gasteiger partial charge in [-0.1, -0.05) is 18.5 Å². The molecule has 0 saturated carbocycles. The van der Waals surface area contributed by atoms with E-state index in [1.807, 2.05) is 6.92 Å². The third-order valence-corrected chi connectivity index (χ3v) is 4.62. The first kappa shape index (κ1) is 16.5. The van der Waals surface area contributed by atoms with Gasteiger partial charge in [0.2, 0.25) is 0 Å². The maximum Gasteiger partial charge on any atom is 0.343 e. The Morgan fingerprint density at radius 1 is 1.14 bits per heavy atom. The lowest BCUT2D eigenvalue weighted by Gasteiger charge is -2.07. The summed E-state index contributed by atoms with van der Waals surface area (Å²) < 4.78 is 28.0. The summed E-state index contributed by atoms with van der Waals surface area (Å²) in [4.78, 5) is 12.2. The highest BCUT2D eigenvalue weighted by atomic mass is 35.5. The molecular weight excluding hydrogens is 324 g/mol. The fourth-order valence-corrected chi connectivity index (χ4v) is 2.77. The molecule has 0 heterocycles. The summed E-state index contributed by atoms with van der Waals surface area (Å²) in [5.41, 5.74) is 1.17. The monoisotopic (exact) mass is 338 g/mol. The molecule has 0 fully saturated rings. The highest BCUT2D eigenvalue weighted by molar-refractivity contribution is 7.90. The van der Waals surface area contributed by atoms with Crippen molar-refractivity contribution in [1.82, 2.24) is 0 Å². The number of benzene rings is 2. The first-order valence-corrected chi connectivity index (χ1v) is 8.89. The number of halogens is 1. The van der Waals surface area contributed by atoms with Gasteiger partial charge in [0.05, 0.1) is 10.5 Å². The minimum Gasteiger partial charge on any atom is -0.423 e. The van der Waals surface area contributed by atoms with Crippen molar-refractivity contribution in [2.75, 3.05) is 6.26 Å². The summed E-state index contributed by atoms with van der Waals surface area (Å²) in [7, 11) is -3.28. The lowest BCUT2D eigenvalue weighted by Crippen LogP contribution is -2.09. The lowest BCUT2D eigenvalue weighted by atomic mass is 10.1. The summed E-state index contributed by atoms with van der Waals surface area (Å²) in [6.45, 7) is 1.96. The summed E-state index contributed by atoms with van der Waals surface area (Å²) in [5, 5.41) is 0.625. The number of aryl methyl sites for hydroxylation is 1. The van der Waals surface area contributed by atoms with Gasteiger partial charge in [0.25, 0.3) is 0 Å². The molecule has 2 rings (SSSR count). The van der Waals surface area contributed by atoms with Crippen LogP contribution in [0, 0.1) is 0 Å². The average Bonchev–Trinajstić information content (AvgIpc) is 2.48. The van der Waals surface area contributed by atoms with E-state index >= 15 is 0 Å². The molecule has 0 unspecified atom stereocenters. The molecule has 0 aliphatic carbocycles. The van der Waals surface area contributed by atoms with E-state index in [-0.39, 0.29) is 10.5 Å². The number of esters is 1. The van der Waals surface area contributed by atoms with Crippen molar-refractivity contribution in [3.05, 3.63) is 58.6 Å². The molecular formula is C16H15ClO4S. The van der Waals surface area contributed by atoms with Crippen molar-refractivity contribution in [3.63, 3.8) is 0 Å². The van der Waals surface area contributed by atoms with Crippen molar-refractivity contribution in [2.24, 2.45) is 0 Å². The zero-order valence-corrected chi connectivity index (χ0v) is 13.7. The van der Waals surface area contributed by atoms with E-state index in [4.69, 9.17) is 16.3 Å². The van der Waals surface area contributed by atoms with Crippen LogP contribution in [-0.2, 0) is 16.3 Å². The quantitative estimate of drug-likeness (QED) is 0.632. The third-order valence-electron chi connectivity index (χ3n) is 3.13. The van der Waals surface area contributed by atoms with Gasteiger partial charge >= 0.3 is 5.97 Å². The Labute approximate surface area is 134 Å².